The van der Waals surface area contributed by atoms with Crippen LogP contribution in [0.1, 0.15) is 36.8 Å². The summed E-state index contributed by atoms with van der Waals surface area (Å²) in [5.41, 5.74) is 2.18. The Morgan fingerprint density at radius 1 is 1.20 bits per heavy atom. The molecule has 0 spiro atoms. The Balaban J connectivity index is 1.47. The number of thiazole rings is 1. The van der Waals surface area contributed by atoms with E-state index in [9.17, 15) is 20.0 Å². The number of anilines is 1. The number of ether oxygens (including phenoxy) is 3. The van der Waals surface area contributed by atoms with Gasteiger partial charge in [-0.1, -0.05) is 23.5 Å². The number of rotatable bonds is 6. The van der Waals surface area contributed by atoms with Crippen LogP contribution in [0.3, 0.4) is 0 Å². The van der Waals surface area contributed by atoms with Gasteiger partial charge in [0.15, 0.2) is 16.3 Å². The van der Waals surface area contributed by atoms with Crippen LogP contribution in [0.15, 0.2) is 74.0 Å². The maximum Gasteiger partial charge on any atom is 0.338 e. The minimum absolute atomic E-state index is 0.0379. The van der Waals surface area contributed by atoms with E-state index in [1.165, 1.54) is 4.57 Å². The molecule has 2 aliphatic rings. The van der Waals surface area contributed by atoms with Crippen LogP contribution in [-0.2, 0) is 9.53 Å². The lowest BCUT2D eigenvalue weighted by Crippen LogP contribution is -2.39. The van der Waals surface area contributed by atoms with Crippen molar-refractivity contribution in [2.24, 2.45) is 4.99 Å². The maximum absolute atomic E-state index is 13.9. The molecule has 0 amide bonds. The van der Waals surface area contributed by atoms with Crippen LogP contribution >= 0.6 is 11.3 Å². The Bertz CT molecular complexity index is 1900. The summed E-state index contributed by atoms with van der Waals surface area (Å²) >= 11 is 1.15. The van der Waals surface area contributed by atoms with E-state index in [1.807, 2.05) is 0 Å². The second-order valence-corrected chi connectivity index (χ2v) is 10.4. The van der Waals surface area contributed by atoms with Crippen molar-refractivity contribution in [1.29, 1.82) is 0 Å². The molecule has 210 valence electrons. The third-order valence-corrected chi connectivity index (χ3v) is 7.74. The molecule has 12 heteroatoms. The van der Waals surface area contributed by atoms with Gasteiger partial charge in [0.2, 0.25) is 6.79 Å². The molecule has 0 saturated carbocycles. The molecule has 2 aromatic carbocycles. The summed E-state index contributed by atoms with van der Waals surface area (Å²) in [6.07, 6.45) is 1.58. The van der Waals surface area contributed by atoms with Crippen LogP contribution < -0.4 is 29.6 Å². The van der Waals surface area contributed by atoms with Gasteiger partial charge < -0.3 is 29.1 Å². The number of allylic oxidation sites excluding steroid dienone is 1. The Morgan fingerprint density at radius 2 is 2.00 bits per heavy atom. The molecule has 2 aliphatic heterocycles. The molecule has 0 bridgehead atoms. The molecule has 6 rings (SSSR count). The third-order valence-electron chi connectivity index (χ3n) is 6.75. The number of carbonyl (C=O) groups excluding carboxylic acids is 1. The monoisotopic (exact) mass is 574 g/mol. The molecule has 0 radical (unpaired) electrons. The molecule has 0 fully saturated rings. The minimum Gasteiger partial charge on any atom is -0.733 e. The lowest BCUT2D eigenvalue weighted by Gasteiger charge is -2.24. The number of hydrogen-bond acceptors (Lipinski definition) is 11. The highest BCUT2D eigenvalue weighted by Gasteiger charge is 2.34. The van der Waals surface area contributed by atoms with Gasteiger partial charge in [-0.15, -0.1) is 0 Å². The Hall–Kier alpha value is -4.65. The average Bonchev–Trinajstić information content (AvgIpc) is 3.67. The summed E-state index contributed by atoms with van der Waals surface area (Å²) in [6, 6.07) is 12.8. The number of hydrogen-bond donors (Lipinski definition) is 1. The zero-order chi connectivity index (χ0) is 28.8. The molecule has 0 saturated heterocycles. The normalized spacial score (nSPS) is 16.0. The predicted octanol–water partition coefficient (Wildman–Crippen LogP) is 3.79. The number of aryl methyl sites for hydroxylation is 1. The number of furan rings is 1. The lowest BCUT2D eigenvalue weighted by molar-refractivity contribution is -0.139. The molecule has 1 N–H and O–H groups in total. The van der Waals surface area contributed by atoms with Crippen LogP contribution in [-0.4, -0.2) is 29.1 Å². The summed E-state index contributed by atoms with van der Waals surface area (Å²) in [5.74, 6) is 1.22. The first kappa shape index (κ1) is 26.6. The van der Waals surface area contributed by atoms with Crippen molar-refractivity contribution >= 4 is 29.1 Å². The first-order chi connectivity index (χ1) is 19.7. The molecular formula is C29H24N3O8S-. The van der Waals surface area contributed by atoms with Gasteiger partial charge >= 0.3 is 5.97 Å². The number of aromatic nitrogens is 1. The van der Waals surface area contributed by atoms with Gasteiger partial charge in [-0.25, -0.2) is 9.79 Å². The van der Waals surface area contributed by atoms with Crippen molar-refractivity contribution in [3.63, 3.8) is 0 Å². The van der Waals surface area contributed by atoms with E-state index in [0.717, 1.165) is 16.9 Å². The number of esters is 1. The summed E-state index contributed by atoms with van der Waals surface area (Å²) in [4.78, 5) is 31.9. The zero-order valence-electron chi connectivity index (χ0n) is 22.2. The third kappa shape index (κ3) is 4.71. The highest BCUT2D eigenvalue weighted by atomic mass is 32.1. The second kappa shape index (κ2) is 10.4. The van der Waals surface area contributed by atoms with E-state index in [1.54, 1.807) is 75.4 Å². The largest absolute Gasteiger partial charge is 0.733 e. The van der Waals surface area contributed by atoms with Gasteiger partial charge in [-0.2, -0.15) is 0 Å². The van der Waals surface area contributed by atoms with Gasteiger partial charge in [-0.05, 0) is 68.3 Å². The van der Waals surface area contributed by atoms with E-state index in [-0.39, 0.29) is 35.4 Å². The minimum atomic E-state index is -0.809. The summed E-state index contributed by atoms with van der Waals surface area (Å²) < 4.78 is 24.1. The quantitative estimate of drug-likeness (QED) is 0.269. The summed E-state index contributed by atoms with van der Waals surface area (Å²) in [5, 5.41) is 21.1. The standard InChI is InChI=1S/C29H24N3O8S/c1-4-37-28(34)25-16(3)30-29-31(26(25)17-6-9-22-23(12-17)39-14-38-22)27(33)24(41-29)13-18-7-10-21(40-18)19-8-5-15(2)11-20(19)32(35)36/h5-13,26,35H,4,14H2,1-3H3/q-1/b24-13-. The van der Waals surface area contributed by atoms with E-state index >= 15 is 0 Å². The van der Waals surface area contributed by atoms with Crippen molar-refractivity contribution in [2.75, 3.05) is 18.6 Å². The van der Waals surface area contributed by atoms with Gasteiger partial charge in [-0.3, -0.25) is 14.6 Å². The van der Waals surface area contributed by atoms with E-state index in [2.05, 4.69) is 4.99 Å². The van der Waals surface area contributed by atoms with E-state index in [4.69, 9.17) is 18.6 Å². The van der Waals surface area contributed by atoms with E-state index < -0.39 is 12.0 Å². The summed E-state index contributed by atoms with van der Waals surface area (Å²) in [6.45, 7) is 5.47. The molecule has 41 heavy (non-hydrogen) atoms. The number of carbonyl (C=O) groups is 1. The lowest BCUT2D eigenvalue weighted by atomic mass is 9.95. The maximum atomic E-state index is 13.9. The smallest absolute Gasteiger partial charge is 0.338 e. The SMILES string of the molecule is CCOC(=O)C1=C(C)N=c2s/c(=C\c3ccc(-c4ccc(C)cc4N([O-])O)o3)c(=O)n2C1c1ccc2c(c1)OCO2. The topological polar surface area (TPSA) is 139 Å². The van der Waals surface area contributed by atoms with Gasteiger partial charge in [0.1, 0.15) is 11.5 Å². The molecule has 4 aromatic rings. The molecule has 4 heterocycles. The average molecular weight is 575 g/mol. The molecule has 2 aromatic heterocycles. The predicted molar refractivity (Wildman–Crippen MR) is 149 cm³/mol. The molecular weight excluding hydrogens is 550 g/mol. The number of benzene rings is 2. The van der Waals surface area contributed by atoms with Crippen molar-refractivity contribution in [3.8, 4) is 22.8 Å². The fourth-order valence-corrected chi connectivity index (χ4v) is 5.93. The molecule has 1 unspecified atom stereocenters. The van der Waals surface area contributed by atoms with E-state index in [0.29, 0.717) is 49.2 Å². The molecule has 0 aliphatic carbocycles. The fourth-order valence-electron chi connectivity index (χ4n) is 4.90. The first-order valence-corrected chi connectivity index (χ1v) is 13.5. The van der Waals surface area contributed by atoms with Crippen LogP contribution in [0, 0.1) is 12.1 Å². The van der Waals surface area contributed by atoms with Gasteiger partial charge in [0, 0.05) is 11.6 Å². The Morgan fingerprint density at radius 3 is 2.78 bits per heavy atom. The first-order valence-electron chi connectivity index (χ1n) is 12.7. The summed E-state index contributed by atoms with van der Waals surface area (Å²) in [7, 11) is 0. The zero-order valence-corrected chi connectivity index (χ0v) is 23.1. The molecule has 1 atom stereocenters. The second-order valence-electron chi connectivity index (χ2n) is 9.41. The van der Waals surface area contributed by atoms with Crippen molar-refractivity contribution in [1.82, 2.24) is 4.57 Å². The Labute approximate surface area is 237 Å². The fraction of sp³-hybridized carbons (Fsp3) is 0.207. The van der Waals surface area contributed by atoms with Gasteiger partial charge in [0.25, 0.3) is 5.56 Å². The Kier molecular flexibility index (Phi) is 6.73. The van der Waals surface area contributed by atoms with Crippen LogP contribution in [0.4, 0.5) is 5.69 Å². The highest BCUT2D eigenvalue weighted by Crippen LogP contribution is 2.38. The van der Waals surface area contributed by atoms with Crippen LogP contribution in [0.25, 0.3) is 17.4 Å². The van der Waals surface area contributed by atoms with Gasteiger partial charge in [0.05, 0.1) is 34.1 Å². The van der Waals surface area contributed by atoms with Crippen LogP contribution in [0.2, 0.25) is 0 Å². The number of nitrogens with zero attached hydrogens (tertiary/aromatic N) is 3. The number of fused-ring (bicyclic) bond motifs is 2. The molecule has 11 nitrogen and oxygen atoms in total. The highest BCUT2D eigenvalue weighted by molar-refractivity contribution is 7.07. The van der Waals surface area contributed by atoms with Crippen molar-refractivity contribution in [3.05, 3.63) is 102 Å². The van der Waals surface area contributed by atoms with Crippen LogP contribution in [0.5, 0.6) is 11.5 Å². The van der Waals surface area contributed by atoms with Crippen molar-refractivity contribution in [2.45, 2.75) is 26.8 Å². The van der Waals surface area contributed by atoms with Crippen molar-refractivity contribution < 1.29 is 28.6 Å².